The van der Waals surface area contributed by atoms with Gasteiger partial charge in [-0.1, -0.05) is 0 Å². The van der Waals surface area contributed by atoms with Crippen LogP contribution in [-0.2, 0) is 0 Å². The number of hydrogen-bond donors (Lipinski definition) is 1. The number of carbonyl (C=O) groups excluding carboxylic acids is 1. The summed E-state index contributed by atoms with van der Waals surface area (Å²) in [6.07, 6.45) is 0. The van der Waals surface area contributed by atoms with E-state index in [9.17, 15) is 4.79 Å². The quantitative estimate of drug-likeness (QED) is 0.878. The van der Waals surface area contributed by atoms with Gasteiger partial charge >= 0.3 is 0 Å². The Hall–Kier alpha value is -1.55. The number of amides is 1. The van der Waals surface area contributed by atoms with Gasteiger partial charge in [-0.05, 0) is 38.1 Å². The molecule has 2 rings (SSSR count). The second-order valence-corrected chi connectivity index (χ2v) is 5.62. The van der Waals surface area contributed by atoms with Crippen molar-refractivity contribution in [1.29, 1.82) is 0 Å². The second kappa shape index (κ2) is 5.61. The van der Waals surface area contributed by atoms with Crippen molar-refractivity contribution in [3.8, 4) is 0 Å². The Labute approximate surface area is 115 Å². The van der Waals surface area contributed by atoms with Crippen LogP contribution < -0.4 is 10.2 Å². The van der Waals surface area contributed by atoms with E-state index in [1.165, 1.54) is 0 Å². The summed E-state index contributed by atoms with van der Waals surface area (Å²) in [5.74, 6) is 0.130. The lowest BCUT2D eigenvalue weighted by Crippen LogP contribution is -2.55. The van der Waals surface area contributed by atoms with Crippen LogP contribution in [0.1, 0.15) is 24.2 Å². The fourth-order valence-corrected chi connectivity index (χ4v) is 2.58. The van der Waals surface area contributed by atoms with Gasteiger partial charge < -0.3 is 15.1 Å². The van der Waals surface area contributed by atoms with Crippen molar-refractivity contribution in [3.05, 3.63) is 29.8 Å². The number of nitrogens with one attached hydrogen (secondary N) is 1. The van der Waals surface area contributed by atoms with Crippen molar-refractivity contribution in [3.63, 3.8) is 0 Å². The molecule has 1 aliphatic heterocycles. The van der Waals surface area contributed by atoms with E-state index in [0.717, 1.165) is 24.3 Å². The van der Waals surface area contributed by atoms with Crippen LogP contribution in [0, 0.1) is 0 Å². The molecule has 0 saturated carbocycles. The van der Waals surface area contributed by atoms with Crippen molar-refractivity contribution >= 4 is 11.6 Å². The fraction of sp³-hybridized carbons (Fsp3) is 0.533. The molecule has 4 heteroatoms. The highest BCUT2D eigenvalue weighted by Crippen LogP contribution is 2.15. The van der Waals surface area contributed by atoms with E-state index < -0.39 is 0 Å². The fourth-order valence-electron chi connectivity index (χ4n) is 2.58. The highest BCUT2D eigenvalue weighted by molar-refractivity contribution is 5.94. The van der Waals surface area contributed by atoms with Crippen LogP contribution >= 0.6 is 0 Å². The third-order valence-corrected chi connectivity index (χ3v) is 3.48. The van der Waals surface area contributed by atoms with E-state index >= 15 is 0 Å². The first kappa shape index (κ1) is 13.9. The molecule has 104 valence electrons. The number of carbonyl (C=O) groups is 1. The molecule has 2 atom stereocenters. The Balaban J connectivity index is 2.10. The smallest absolute Gasteiger partial charge is 0.253 e. The van der Waals surface area contributed by atoms with Crippen molar-refractivity contribution < 1.29 is 4.79 Å². The predicted molar refractivity (Wildman–Crippen MR) is 78.7 cm³/mol. The number of benzene rings is 1. The van der Waals surface area contributed by atoms with Gasteiger partial charge in [0.15, 0.2) is 0 Å². The van der Waals surface area contributed by atoms with Gasteiger partial charge in [-0.15, -0.1) is 0 Å². The summed E-state index contributed by atoms with van der Waals surface area (Å²) in [5.41, 5.74) is 1.88. The van der Waals surface area contributed by atoms with Crippen LogP contribution in [0.5, 0.6) is 0 Å². The van der Waals surface area contributed by atoms with E-state index in [4.69, 9.17) is 0 Å². The predicted octanol–water partition coefficient (Wildman–Crippen LogP) is 1.58. The third kappa shape index (κ3) is 3.26. The maximum atomic E-state index is 12.5. The lowest BCUT2D eigenvalue weighted by molar-refractivity contribution is 0.0674. The van der Waals surface area contributed by atoms with Crippen LogP contribution in [0.3, 0.4) is 0 Å². The van der Waals surface area contributed by atoms with E-state index in [1.807, 2.05) is 48.2 Å². The summed E-state index contributed by atoms with van der Waals surface area (Å²) >= 11 is 0. The molecule has 1 aromatic carbocycles. The maximum Gasteiger partial charge on any atom is 0.253 e. The van der Waals surface area contributed by atoms with Crippen molar-refractivity contribution in [2.24, 2.45) is 0 Å². The molecular formula is C15H23N3O. The van der Waals surface area contributed by atoms with Crippen LogP contribution in [0.2, 0.25) is 0 Å². The maximum absolute atomic E-state index is 12.5. The first-order valence-corrected chi connectivity index (χ1v) is 6.80. The van der Waals surface area contributed by atoms with E-state index in [2.05, 4.69) is 19.2 Å². The third-order valence-electron chi connectivity index (χ3n) is 3.48. The zero-order valence-electron chi connectivity index (χ0n) is 12.2. The van der Waals surface area contributed by atoms with E-state index in [0.29, 0.717) is 12.1 Å². The second-order valence-electron chi connectivity index (χ2n) is 5.62. The number of nitrogens with zero attached hydrogens (tertiary/aromatic N) is 2. The molecular weight excluding hydrogens is 238 g/mol. The van der Waals surface area contributed by atoms with Crippen LogP contribution in [0.15, 0.2) is 24.3 Å². The first-order chi connectivity index (χ1) is 8.97. The molecule has 0 bridgehead atoms. The largest absolute Gasteiger partial charge is 0.378 e. The zero-order chi connectivity index (χ0) is 14.0. The monoisotopic (exact) mass is 261 g/mol. The first-order valence-electron chi connectivity index (χ1n) is 6.80. The number of anilines is 1. The molecule has 1 heterocycles. The molecule has 1 aromatic rings. The SMILES string of the molecule is CC1CN(C(=O)c2ccc(N(C)C)cc2)CC(C)N1. The Bertz CT molecular complexity index is 431. The minimum atomic E-state index is 0.130. The summed E-state index contributed by atoms with van der Waals surface area (Å²) in [7, 11) is 3.99. The molecule has 1 aliphatic rings. The average molecular weight is 261 g/mol. The Kier molecular flexibility index (Phi) is 4.10. The van der Waals surface area contributed by atoms with Gasteiger partial charge in [0.2, 0.25) is 0 Å². The Morgan fingerprint density at radius 3 is 2.16 bits per heavy atom. The molecule has 1 N–H and O–H groups in total. The summed E-state index contributed by atoms with van der Waals surface area (Å²) in [6, 6.07) is 8.51. The Morgan fingerprint density at radius 2 is 1.68 bits per heavy atom. The van der Waals surface area contributed by atoms with Gasteiger partial charge in [-0.2, -0.15) is 0 Å². The van der Waals surface area contributed by atoms with Crippen LogP contribution in [0.25, 0.3) is 0 Å². The summed E-state index contributed by atoms with van der Waals surface area (Å²) in [5, 5.41) is 3.44. The molecule has 4 nitrogen and oxygen atoms in total. The lowest BCUT2D eigenvalue weighted by Gasteiger charge is -2.36. The van der Waals surface area contributed by atoms with Crippen LogP contribution in [0.4, 0.5) is 5.69 Å². The van der Waals surface area contributed by atoms with Crippen LogP contribution in [-0.4, -0.2) is 50.1 Å². The Morgan fingerprint density at radius 1 is 1.16 bits per heavy atom. The number of piperazine rings is 1. The summed E-state index contributed by atoms with van der Waals surface area (Å²) in [6.45, 7) is 5.79. The number of hydrogen-bond acceptors (Lipinski definition) is 3. The minimum Gasteiger partial charge on any atom is -0.378 e. The zero-order valence-corrected chi connectivity index (χ0v) is 12.2. The molecule has 1 amide bonds. The molecule has 0 spiro atoms. The highest BCUT2D eigenvalue weighted by Gasteiger charge is 2.25. The molecule has 1 fully saturated rings. The van der Waals surface area contributed by atoms with Gasteiger partial charge in [0.25, 0.3) is 5.91 Å². The molecule has 0 radical (unpaired) electrons. The van der Waals surface area contributed by atoms with E-state index in [1.54, 1.807) is 0 Å². The normalized spacial score (nSPS) is 23.3. The number of rotatable bonds is 2. The van der Waals surface area contributed by atoms with Crippen molar-refractivity contribution in [1.82, 2.24) is 10.2 Å². The molecule has 0 aromatic heterocycles. The van der Waals surface area contributed by atoms with Gasteiger partial charge in [-0.3, -0.25) is 4.79 Å². The van der Waals surface area contributed by atoms with Gasteiger partial charge in [0.05, 0.1) is 0 Å². The molecule has 19 heavy (non-hydrogen) atoms. The molecule has 0 aliphatic carbocycles. The van der Waals surface area contributed by atoms with Gasteiger partial charge in [0, 0.05) is 50.5 Å². The van der Waals surface area contributed by atoms with Gasteiger partial charge in [-0.25, -0.2) is 0 Å². The lowest BCUT2D eigenvalue weighted by atomic mass is 10.1. The summed E-state index contributed by atoms with van der Waals surface area (Å²) in [4.78, 5) is 16.4. The molecule has 1 saturated heterocycles. The van der Waals surface area contributed by atoms with Crippen molar-refractivity contribution in [2.75, 3.05) is 32.1 Å². The summed E-state index contributed by atoms with van der Waals surface area (Å²) < 4.78 is 0. The van der Waals surface area contributed by atoms with Crippen molar-refractivity contribution in [2.45, 2.75) is 25.9 Å². The minimum absolute atomic E-state index is 0.130. The standard InChI is InChI=1S/C15H23N3O/c1-11-9-18(10-12(2)16-11)15(19)13-5-7-14(8-6-13)17(3)4/h5-8,11-12,16H,9-10H2,1-4H3. The van der Waals surface area contributed by atoms with E-state index in [-0.39, 0.29) is 5.91 Å². The average Bonchev–Trinajstić information content (AvgIpc) is 2.37. The highest BCUT2D eigenvalue weighted by atomic mass is 16.2. The van der Waals surface area contributed by atoms with Gasteiger partial charge in [0.1, 0.15) is 0 Å². The molecule has 2 unspecified atom stereocenters. The topological polar surface area (TPSA) is 35.6 Å².